The average Bonchev–Trinajstić information content (AvgIpc) is 2.33. The molecule has 0 aliphatic carbocycles. The Morgan fingerprint density at radius 1 is 0.952 bits per heavy atom. The number of unbranched alkanes of at least 4 members (excludes halogenated alkanes) is 1. The number of nitrogens with two attached hydrogens (primary N) is 1. The lowest BCUT2D eigenvalue weighted by Gasteiger charge is -2.37. The van der Waals surface area contributed by atoms with Crippen LogP contribution in [0, 0.1) is 0 Å². The van der Waals surface area contributed by atoms with E-state index in [4.69, 9.17) is 5.73 Å². The van der Waals surface area contributed by atoms with Crippen molar-refractivity contribution in [2.24, 2.45) is 0 Å². The number of nitrogen functional groups attached to an aromatic ring is 1. The van der Waals surface area contributed by atoms with Gasteiger partial charge >= 0.3 is 12.4 Å². The largest absolute Gasteiger partial charge is 0.430 e. The molecule has 1 aromatic rings. The van der Waals surface area contributed by atoms with E-state index in [1.54, 1.807) is 6.92 Å². The van der Waals surface area contributed by atoms with Gasteiger partial charge in [-0.15, -0.1) is 0 Å². The summed E-state index contributed by atoms with van der Waals surface area (Å²) in [5.41, 5.74) is -0.0117. The summed E-state index contributed by atoms with van der Waals surface area (Å²) in [7, 11) is 0. The van der Waals surface area contributed by atoms with Crippen molar-refractivity contribution in [3.63, 3.8) is 0 Å². The first kappa shape index (κ1) is 17.6. The van der Waals surface area contributed by atoms with Crippen LogP contribution in [0.4, 0.5) is 32.0 Å². The summed E-state index contributed by atoms with van der Waals surface area (Å²) in [6.07, 6.45) is -10.8. The summed E-state index contributed by atoms with van der Waals surface area (Å²) in [5.74, 6) is 0. The minimum Gasteiger partial charge on any atom is -0.399 e. The lowest BCUT2D eigenvalue weighted by atomic mass is 9.91. The van der Waals surface area contributed by atoms with Crippen LogP contribution in [-0.4, -0.2) is 19.0 Å². The minimum absolute atomic E-state index is 0.0607. The molecule has 0 aliphatic rings. The number of anilines is 1. The Morgan fingerprint density at radius 3 is 1.81 bits per heavy atom. The number of hydrogen-bond donors (Lipinski definition) is 1. The molecule has 0 saturated heterocycles. The van der Waals surface area contributed by atoms with Gasteiger partial charge in [0.2, 0.25) is 0 Å². The average molecular weight is 315 g/mol. The van der Waals surface area contributed by atoms with E-state index in [2.05, 4.69) is 4.74 Å². The van der Waals surface area contributed by atoms with Crippen molar-refractivity contribution in [1.29, 1.82) is 0 Å². The van der Waals surface area contributed by atoms with Crippen molar-refractivity contribution in [3.8, 4) is 0 Å². The first-order valence-electron chi connectivity index (χ1n) is 6.19. The number of alkyl halides is 6. The molecule has 21 heavy (non-hydrogen) atoms. The van der Waals surface area contributed by atoms with E-state index in [1.807, 2.05) is 0 Å². The van der Waals surface area contributed by atoms with Gasteiger partial charge in [0.05, 0.1) is 0 Å². The molecule has 0 radical (unpaired) electrons. The van der Waals surface area contributed by atoms with Crippen molar-refractivity contribution in [3.05, 3.63) is 29.8 Å². The molecule has 0 saturated carbocycles. The summed E-state index contributed by atoms with van der Waals surface area (Å²) < 4.78 is 83.6. The van der Waals surface area contributed by atoms with Crippen LogP contribution < -0.4 is 5.73 Å². The van der Waals surface area contributed by atoms with Crippen molar-refractivity contribution in [2.45, 2.75) is 37.7 Å². The van der Waals surface area contributed by atoms with Crippen LogP contribution in [0.5, 0.6) is 0 Å². The van der Waals surface area contributed by atoms with Crippen LogP contribution in [0.3, 0.4) is 0 Å². The Bertz CT molecular complexity index is 437. The molecule has 0 aliphatic heterocycles. The maximum atomic E-state index is 13.2. The van der Waals surface area contributed by atoms with E-state index in [0.717, 1.165) is 12.1 Å². The summed E-state index contributed by atoms with van der Waals surface area (Å²) in [6.45, 7) is 0.981. The maximum absolute atomic E-state index is 13.2. The zero-order chi connectivity index (χ0) is 16.3. The molecule has 1 aromatic carbocycles. The van der Waals surface area contributed by atoms with Crippen molar-refractivity contribution < 1.29 is 31.1 Å². The Morgan fingerprint density at radius 2 is 1.43 bits per heavy atom. The fourth-order valence-corrected chi connectivity index (χ4v) is 1.82. The summed E-state index contributed by atoms with van der Waals surface area (Å²) in [5, 5.41) is 0. The molecule has 8 heteroatoms. The molecule has 1 rings (SSSR count). The molecule has 0 atom stereocenters. The fraction of sp³-hybridized carbons (Fsp3) is 0.538. The van der Waals surface area contributed by atoms with Crippen LogP contribution in [-0.2, 0) is 10.3 Å². The van der Waals surface area contributed by atoms with Crippen LogP contribution >= 0.6 is 0 Å². The van der Waals surface area contributed by atoms with Crippen LogP contribution in [0.1, 0.15) is 25.3 Å². The van der Waals surface area contributed by atoms with Crippen molar-refractivity contribution in [2.75, 3.05) is 12.3 Å². The molecular formula is C13H15F6NO. The second-order valence-corrected chi connectivity index (χ2v) is 4.50. The molecule has 0 fully saturated rings. The van der Waals surface area contributed by atoms with Crippen LogP contribution in [0.15, 0.2) is 24.3 Å². The molecule has 2 N–H and O–H groups in total. The Labute approximate surface area is 117 Å². The van der Waals surface area contributed by atoms with E-state index >= 15 is 0 Å². The molecule has 0 spiro atoms. The van der Waals surface area contributed by atoms with E-state index in [1.165, 1.54) is 0 Å². The lowest BCUT2D eigenvalue weighted by molar-refractivity contribution is -0.389. The van der Waals surface area contributed by atoms with E-state index in [0.29, 0.717) is 18.6 Å². The van der Waals surface area contributed by atoms with Gasteiger partial charge in [-0.3, -0.25) is 0 Å². The SMILES string of the molecule is CCCCOC(c1ccc(N)cc1)(C(F)(F)F)C(F)(F)F. The van der Waals surface area contributed by atoms with Crippen molar-refractivity contribution >= 4 is 5.69 Å². The Kier molecular flexibility index (Phi) is 5.14. The van der Waals surface area contributed by atoms with Gasteiger partial charge in [-0.05, 0) is 18.6 Å². The van der Waals surface area contributed by atoms with E-state index in [9.17, 15) is 26.3 Å². The highest BCUT2D eigenvalue weighted by molar-refractivity contribution is 5.42. The van der Waals surface area contributed by atoms with Crippen LogP contribution in [0.2, 0.25) is 0 Å². The highest BCUT2D eigenvalue weighted by Gasteiger charge is 2.73. The first-order valence-corrected chi connectivity index (χ1v) is 6.19. The second kappa shape index (κ2) is 6.13. The lowest BCUT2D eigenvalue weighted by Crippen LogP contribution is -2.56. The zero-order valence-corrected chi connectivity index (χ0v) is 11.2. The van der Waals surface area contributed by atoms with Gasteiger partial charge in [-0.1, -0.05) is 25.5 Å². The number of rotatable bonds is 5. The number of ether oxygens (including phenoxy) is 1. The third kappa shape index (κ3) is 3.42. The monoisotopic (exact) mass is 315 g/mol. The van der Waals surface area contributed by atoms with Gasteiger partial charge in [0.15, 0.2) is 0 Å². The van der Waals surface area contributed by atoms with Gasteiger partial charge in [0, 0.05) is 17.9 Å². The van der Waals surface area contributed by atoms with Gasteiger partial charge in [0.1, 0.15) is 0 Å². The normalized spacial score (nSPS) is 13.5. The van der Waals surface area contributed by atoms with Crippen LogP contribution in [0.25, 0.3) is 0 Å². The van der Waals surface area contributed by atoms with Gasteiger partial charge in [-0.25, -0.2) is 0 Å². The molecule has 120 valence electrons. The van der Waals surface area contributed by atoms with E-state index < -0.39 is 30.1 Å². The zero-order valence-electron chi connectivity index (χ0n) is 11.2. The highest BCUT2D eigenvalue weighted by atomic mass is 19.4. The fourth-order valence-electron chi connectivity index (χ4n) is 1.82. The third-order valence-electron chi connectivity index (χ3n) is 2.93. The standard InChI is InChI=1S/C13H15F6NO/c1-2-3-8-21-11(12(14,15)16,13(17,18)19)9-4-6-10(20)7-5-9/h4-7H,2-3,8,20H2,1H3. The highest BCUT2D eigenvalue weighted by Crippen LogP contribution is 2.53. The molecule has 0 unspecified atom stereocenters. The number of halogens is 6. The quantitative estimate of drug-likeness (QED) is 0.496. The second-order valence-electron chi connectivity index (χ2n) is 4.50. The topological polar surface area (TPSA) is 35.2 Å². The number of hydrogen-bond acceptors (Lipinski definition) is 2. The smallest absolute Gasteiger partial charge is 0.399 e. The van der Waals surface area contributed by atoms with Gasteiger partial charge in [-0.2, -0.15) is 26.3 Å². The van der Waals surface area contributed by atoms with Gasteiger partial charge < -0.3 is 10.5 Å². The minimum atomic E-state index is -5.64. The molecular weight excluding hydrogens is 300 g/mol. The van der Waals surface area contributed by atoms with E-state index in [-0.39, 0.29) is 12.1 Å². The molecule has 0 amide bonds. The maximum Gasteiger partial charge on any atom is 0.430 e. The van der Waals surface area contributed by atoms with Crippen molar-refractivity contribution in [1.82, 2.24) is 0 Å². The summed E-state index contributed by atoms with van der Waals surface area (Å²) >= 11 is 0. The molecule has 0 aromatic heterocycles. The summed E-state index contributed by atoms with van der Waals surface area (Å²) in [4.78, 5) is 0. The predicted octanol–water partition coefficient (Wildman–Crippen LogP) is 4.41. The number of benzene rings is 1. The third-order valence-corrected chi connectivity index (χ3v) is 2.93. The Balaban J connectivity index is 3.40. The molecule has 2 nitrogen and oxygen atoms in total. The predicted molar refractivity (Wildman–Crippen MR) is 65.5 cm³/mol. The Hall–Kier alpha value is -1.44. The summed E-state index contributed by atoms with van der Waals surface area (Å²) in [6, 6.07) is 3.32. The molecule has 0 bridgehead atoms. The first-order chi connectivity index (χ1) is 9.56. The molecule has 0 heterocycles. The van der Waals surface area contributed by atoms with Gasteiger partial charge in [0.25, 0.3) is 5.60 Å².